The first-order chi connectivity index (χ1) is 11.3. The van der Waals surface area contributed by atoms with Crippen LogP contribution in [0.4, 0.5) is 11.5 Å². The fourth-order valence-electron chi connectivity index (χ4n) is 2.17. The van der Waals surface area contributed by atoms with Crippen molar-refractivity contribution in [1.82, 2.24) is 20.2 Å². The number of nitrogens with one attached hydrogen (secondary N) is 2. The highest BCUT2D eigenvalue weighted by Gasteiger charge is 2.13. The Balaban J connectivity index is 1.99. The summed E-state index contributed by atoms with van der Waals surface area (Å²) in [7, 11) is 1.60. The summed E-state index contributed by atoms with van der Waals surface area (Å²) in [6.45, 7) is 0.545. The van der Waals surface area contributed by atoms with E-state index >= 15 is 0 Å². The van der Waals surface area contributed by atoms with E-state index in [4.69, 9.17) is 21.1 Å². The highest BCUT2D eigenvalue weighted by molar-refractivity contribution is 6.17. The fourth-order valence-corrected chi connectivity index (χ4v) is 2.28. The molecule has 0 amide bonds. The topological polar surface area (TPSA) is 84.9 Å². The average Bonchev–Trinajstić information content (AvgIpc) is 3.07. The number of benzene rings is 1. The molecule has 0 atom stereocenters. The summed E-state index contributed by atoms with van der Waals surface area (Å²) in [6, 6.07) is 3.68. The van der Waals surface area contributed by atoms with Crippen molar-refractivity contribution in [3.8, 4) is 11.5 Å². The van der Waals surface area contributed by atoms with Gasteiger partial charge in [-0.3, -0.25) is 5.10 Å². The summed E-state index contributed by atoms with van der Waals surface area (Å²) >= 11 is 5.67. The van der Waals surface area contributed by atoms with Gasteiger partial charge in [0.05, 0.1) is 36.5 Å². The second-order valence-corrected chi connectivity index (χ2v) is 5.12. The third-order valence-electron chi connectivity index (χ3n) is 3.20. The monoisotopic (exact) mass is 333 g/mol. The maximum absolute atomic E-state index is 5.68. The number of nitrogens with zero attached hydrogens (tertiary/aromatic N) is 3. The second-order valence-electron chi connectivity index (χ2n) is 4.74. The van der Waals surface area contributed by atoms with Crippen molar-refractivity contribution in [2.75, 3.05) is 24.9 Å². The molecule has 2 heterocycles. The van der Waals surface area contributed by atoms with Crippen molar-refractivity contribution in [3.63, 3.8) is 0 Å². The molecule has 120 valence electrons. The molecule has 23 heavy (non-hydrogen) atoms. The predicted molar refractivity (Wildman–Crippen MR) is 88.8 cm³/mol. The van der Waals surface area contributed by atoms with Crippen LogP contribution >= 0.6 is 11.6 Å². The third-order valence-corrected chi connectivity index (χ3v) is 3.47. The molecule has 3 aromatic rings. The maximum atomic E-state index is 5.68. The number of rotatable bonds is 7. The van der Waals surface area contributed by atoms with Gasteiger partial charge in [-0.05, 0) is 6.42 Å². The maximum Gasteiger partial charge on any atom is 0.145 e. The number of halogens is 1. The quantitative estimate of drug-likeness (QED) is 0.510. The summed E-state index contributed by atoms with van der Waals surface area (Å²) < 4.78 is 11.2. The lowest BCUT2D eigenvalue weighted by atomic mass is 10.2. The molecule has 3 rings (SSSR count). The average molecular weight is 334 g/mol. The molecule has 7 nitrogen and oxygen atoms in total. The number of fused-ring (bicyclic) bond motifs is 1. The summed E-state index contributed by atoms with van der Waals surface area (Å²) in [5.74, 6) is 2.52. The predicted octanol–water partition coefficient (Wildman–Crippen LogP) is 3.11. The van der Waals surface area contributed by atoms with E-state index in [1.54, 1.807) is 19.5 Å². The number of aromatic nitrogens is 4. The molecular weight excluding hydrogens is 318 g/mol. The normalized spacial score (nSPS) is 10.7. The van der Waals surface area contributed by atoms with Crippen LogP contribution in [0.3, 0.4) is 0 Å². The number of anilines is 2. The minimum Gasteiger partial charge on any atom is -0.496 e. The molecule has 8 heteroatoms. The van der Waals surface area contributed by atoms with Gasteiger partial charge in [0.1, 0.15) is 23.6 Å². The van der Waals surface area contributed by atoms with Crippen LogP contribution in [0.5, 0.6) is 11.5 Å². The molecule has 0 saturated heterocycles. The molecule has 0 bridgehead atoms. The van der Waals surface area contributed by atoms with E-state index in [0.717, 1.165) is 23.0 Å². The Morgan fingerprint density at radius 2 is 2.22 bits per heavy atom. The second kappa shape index (κ2) is 7.15. The molecule has 0 spiro atoms. The molecule has 2 aromatic heterocycles. The number of alkyl halides is 1. The molecule has 0 radical (unpaired) electrons. The van der Waals surface area contributed by atoms with E-state index in [9.17, 15) is 0 Å². The number of aromatic amines is 1. The zero-order chi connectivity index (χ0) is 16.1. The molecule has 0 aliphatic heterocycles. The van der Waals surface area contributed by atoms with Gasteiger partial charge >= 0.3 is 0 Å². The zero-order valence-corrected chi connectivity index (χ0v) is 13.3. The van der Waals surface area contributed by atoms with Crippen molar-refractivity contribution in [2.45, 2.75) is 6.42 Å². The highest BCUT2D eigenvalue weighted by Crippen LogP contribution is 2.35. The Labute approximate surface area is 138 Å². The number of H-pyrrole nitrogens is 1. The molecular formula is C15H16ClN5O2. The van der Waals surface area contributed by atoms with Crippen LogP contribution in [-0.4, -0.2) is 39.8 Å². The largest absolute Gasteiger partial charge is 0.496 e. The Morgan fingerprint density at radius 1 is 1.30 bits per heavy atom. The summed E-state index contributed by atoms with van der Waals surface area (Å²) in [4.78, 5) is 8.60. The van der Waals surface area contributed by atoms with Crippen LogP contribution in [0.15, 0.2) is 30.9 Å². The number of ether oxygens (including phenoxy) is 2. The summed E-state index contributed by atoms with van der Waals surface area (Å²) in [5.41, 5.74) is 1.53. The van der Waals surface area contributed by atoms with E-state index in [2.05, 4.69) is 25.5 Å². The van der Waals surface area contributed by atoms with Gasteiger partial charge < -0.3 is 14.8 Å². The van der Waals surface area contributed by atoms with Crippen LogP contribution in [0.1, 0.15) is 6.42 Å². The van der Waals surface area contributed by atoms with Crippen LogP contribution in [0.25, 0.3) is 10.9 Å². The van der Waals surface area contributed by atoms with E-state index in [-0.39, 0.29) is 0 Å². The SMILES string of the molecule is COc1cc(OCCCCl)cc2ncnc(Nc3cn[nH]c3)c12. The molecule has 0 aliphatic carbocycles. The lowest BCUT2D eigenvalue weighted by Gasteiger charge is -2.13. The van der Waals surface area contributed by atoms with Crippen molar-refractivity contribution in [1.29, 1.82) is 0 Å². The minimum absolute atomic E-state index is 0.545. The van der Waals surface area contributed by atoms with Gasteiger partial charge in [-0.1, -0.05) is 0 Å². The third kappa shape index (κ3) is 3.45. The summed E-state index contributed by atoms with van der Waals surface area (Å²) in [5, 5.41) is 10.6. The smallest absolute Gasteiger partial charge is 0.145 e. The highest BCUT2D eigenvalue weighted by atomic mass is 35.5. The zero-order valence-electron chi connectivity index (χ0n) is 12.5. The van der Waals surface area contributed by atoms with E-state index in [0.29, 0.717) is 29.8 Å². The summed E-state index contributed by atoms with van der Waals surface area (Å²) in [6.07, 6.45) is 5.68. The molecule has 0 saturated carbocycles. The molecule has 2 N–H and O–H groups in total. The number of hydrogen-bond donors (Lipinski definition) is 2. The Kier molecular flexibility index (Phi) is 4.77. The van der Waals surface area contributed by atoms with Crippen molar-refractivity contribution >= 4 is 34.0 Å². The van der Waals surface area contributed by atoms with Gasteiger partial charge in [-0.25, -0.2) is 9.97 Å². The molecule has 0 unspecified atom stereocenters. The number of hydrogen-bond acceptors (Lipinski definition) is 6. The standard InChI is InChI=1S/C15H16ClN5O2/c1-22-13-6-11(23-4-2-3-16)5-12-14(13)15(18-9-17-12)21-10-7-19-20-8-10/h5-9H,2-4H2,1H3,(H,19,20)(H,17,18,21). The first-order valence-corrected chi connectivity index (χ1v) is 7.62. The van der Waals surface area contributed by atoms with Crippen LogP contribution in [0, 0.1) is 0 Å². The first-order valence-electron chi connectivity index (χ1n) is 7.09. The minimum atomic E-state index is 0.545. The molecule has 1 aromatic carbocycles. The van der Waals surface area contributed by atoms with E-state index in [1.165, 1.54) is 6.33 Å². The van der Waals surface area contributed by atoms with E-state index in [1.807, 2.05) is 12.1 Å². The molecule has 0 fully saturated rings. The van der Waals surface area contributed by atoms with Gasteiger partial charge in [0, 0.05) is 24.2 Å². The Bertz CT molecular complexity index is 779. The van der Waals surface area contributed by atoms with Gasteiger partial charge in [-0.15, -0.1) is 11.6 Å². The van der Waals surface area contributed by atoms with Crippen LogP contribution in [0.2, 0.25) is 0 Å². The first kappa shape index (κ1) is 15.4. The van der Waals surface area contributed by atoms with Gasteiger partial charge in [0.15, 0.2) is 0 Å². The van der Waals surface area contributed by atoms with Crippen molar-refractivity contribution < 1.29 is 9.47 Å². The Hall–Kier alpha value is -2.54. The van der Waals surface area contributed by atoms with Gasteiger partial charge in [-0.2, -0.15) is 5.10 Å². The Morgan fingerprint density at radius 3 is 2.96 bits per heavy atom. The van der Waals surface area contributed by atoms with Gasteiger partial charge in [0.2, 0.25) is 0 Å². The molecule has 0 aliphatic rings. The van der Waals surface area contributed by atoms with Crippen molar-refractivity contribution in [2.24, 2.45) is 0 Å². The van der Waals surface area contributed by atoms with E-state index < -0.39 is 0 Å². The number of methoxy groups -OCH3 is 1. The van der Waals surface area contributed by atoms with Crippen LogP contribution in [-0.2, 0) is 0 Å². The lowest BCUT2D eigenvalue weighted by molar-refractivity contribution is 0.316. The van der Waals surface area contributed by atoms with Crippen molar-refractivity contribution in [3.05, 3.63) is 30.9 Å². The fraction of sp³-hybridized carbons (Fsp3) is 0.267. The lowest BCUT2D eigenvalue weighted by Crippen LogP contribution is -2.01. The van der Waals surface area contributed by atoms with Gasteiger partial charge in [0.25, 0.3) is 0 Å². The van der Waals surface area contributed by atoms with Crippen LogP contribution < -0.4 is 14.8 Å².